The lowest BCUT2D eigenvalue weighted by Crippen LogP contribution is -2.45. The van der Waals surface area contributed by atoms with Crippen LogP contribution >= 0.6 is 0 Å². The number of hydrogen-bond donors (Lipinski definition) is 4. The van der Waals surface area contributed by atoms with Gasteiger partial charge in [-0.3, -0.25) is 9.35 Å². The van der Waals surface area contributed by atoms with Crippen molar-refractivity contribution in [2.45, 2.75) is 31.3 Å². The number of nitrogens with zero attached hydrogens (tertiary/aromatic N) is 1. The molecule has 0 aromatic heterocycles. The number of piperidine rings is 1. The van der Waals surface area contributed by atoms with E-state index in [2.05, 4.69) is 16.0 Å². The molecule has 8 nitrogen and oxygen atoms in total. The molecule has 2 fully saturated rings. The molecule has 0 radical (unpaired) electrons. The van der Waals surface area contributed by atoms with Crippen LogP contribution in [-0.2, 0) is 14.9 Å². The summed E-state index contributed by atoms with van der Waals surface area (Å²) >= 11 is 0. The molecule has 0 spiro atoms. The largest absolute Gasteiger partial charge is 0.369 e. The van der Waals surface area contributed by atoms with E-state index in [1.807, 2.05) is 6.08 Å². The highest BCUT2D eigenvalue weighted by Gasteiger charge is 2.41. The highest BCUT2D eigenvalue weighted by molar-refractivity contribution is 7.90. The van der Waals surface area contributed by atoms with E-state index in [-0.39, 0.29) is 22.6 Å². The maximum atomic E-state index is 12.8. The number of allylic oxidation sites excluding steroid dienone is 3. The average molecular weight is 378 g/mol. The van der Waals surface area contributed by atoms with Gasteiger partial charge in [0.1, 0.15) is 10.7 Å². The van der Waals surface area contributed by atoms with Gasteiger partial charge in [0, 0.05) is 19.1 Å². The topological polar surface area (TPSA) is 111 Å². The van der Waals surface area contributed by atoms with Crippen LogP contribution in [-0.4, -0.2) is 55.5 Å². The molecule has 2 unspecified atom stereocenters. The zero-order valence-electron chi connectivity index (χ0n) is 14.2. The predicted octanol–water partition coefficient (Wildman–Crippen LogP) is -0.0309. The van der Waals surface area contributed by atoms with Crippen LogP contribution in [0.2, 0.25) is 0 Å². The summed E-state index contributed by atoms with van der Waals surface area (Å²) in [6.45, 7) is 1.92. The second-order valence-electron chi connectivity index (χ2n) is 6.86. The van der Waals surface area contributed by atoms with Crippen molar-refractivity contribution >= 4 is 16.0 Å². The number of carbonyl (C=O) groups excluding carboxylic acids is 1. The number of nitrogens with one attached hydrogen (secondary N) is 3. The number of carbonyl (C=O) groups is 1. The van der Waals surface area contributed by atoms with Crippen LogP contribution < -0.4 is 16.0 Å². The maximum Gasteiger partial charge on any atom is 0.297 e. The van der Waals surface area contributed by atoms with E-state index in [9.17, 15) is 17.8 Å². The molecular weight excluding hydrogens is 356 g/mol. The highest BCUT2D eigenvalue weighted by Crippen LogP contribution is 2.37. The molecular formula is C17H22N4O4S. The molecule has 140 valence electrons. The minimum atomic E-state index is -4.57. The highest BCUT2D eigenvalue weighted by atomic mass is 32.2. The summed E-state index contributed by atoms with van der Waals surface area (Å²) in [7, 11) is -4.57. The fraction of sp³-hybridized carbons (Fsp3) is 0.471. The molecule has 0 aromatic rings. The van der Waals surface area contributed by atoms with E-state index in [0.717, 1.165) is 31.6 Å². The molecule has 9 heteroatoms. The van der Waals surface area contributed by atoms with Gasteiger partial charge in [-0.2, -0.15) is 8.42 Å². The van der Waals surface area contributed by atoms with Gasteiger partial charge in [0.15, 0.2) is 0 Å². The lowest BCUT2D eigenvalue weighted by molar-refractivity contribution is -0.117. The molecule has 2 atom stereocenters. The van der Waals surface area contributed by atoms with Crippen LogP contribution in [0.1, 0.15) is 19.3 Å². The summed E-state index contributed by atoms with van der Waals surface area (Å²) in [5.41, 5.74) is 0.331. The van der Waals surface area contributed by atoms with Crippen LogP contribution in [0.5, 0.6) is 0 Å². The third-order valence-corrected chi connectivity index (χ3v) is 6.06. The average Bonchev–Trinajstić information content (AvgIpc) is 3.04. The van der Waals surface area contributed by atoms with Crippen molar-refractivity contribution in [1.29, 1.82) is 0 Å². The zero-order chi connectivity index (χ0) is 18.3. The van der Waals surface area contributed by atoms with Crippen LogP contribution in [0.25, 0.3) is 0 Å². The molecule has 0 aliphatic carbocycles. The van der Waals surface area contributed by atoms with E-state index >= 15 is 0 Å². The second kappa shape index (κ2) is 6.57. The van der Waals surface area contributed by atoms with Crippen molar-refractivity contribution < 1.29 is 17.8 Å². The van der Waals surface area contributed by atoms with E-state index in [0.29, 0.717) is 18.8 Å². The Morgan fingerprint density at radius 1 is 1.38 bits per heavy atom. The Kier molecular flexibility index (Phi) is 4.37. The van der Waals surface area contributed by atoms with Crippen LogP contribution in [0, 0.1) is 0 Å². The first-order valence-corrected chi connectivity index (χ1v) is 10.3. The van der Waals surface area contributed by atoms with Crippen molar-refractivity contribution in [2.24, 2.45) is 0 Å². The Balaban J connectivity index is 1.62. The van der Waals surface area contributed by atoms with Gasteiger partial charge in [-0.15, -0.1) is 0 Å². The first kappa shape index (κ1) is 17.3. The van der Waals surface area contributed by atoms with E-state index in [1.54, 1.807) is 23.1 Å². The smallest absolute Gasteiger partial charge is 0.297 e. The van der Waals surface area contributed by atoms with Crippen LogP contribution in [0.4, 0.5) is 0 Å². The van der Waals surface area contributed by atoms with Gasteiger partial charge in [0.05, 0.1) is 17.3 Å². The van der Waals surface area contributed by atoms with Gasteiger partial charge in [0.2, 0.25) is 0 Å². The summed E-state index contributed by atoms with van der Waals surface area (Å²) in [6.07, 6.45) is 9.97. The molecule has 4 N–H and O–H groups in total. The second-order valence-corrected chi connectivity index (χ2v) is 8.21. The predicted molar refractivity (Wildman–Crippen MR) is 96.2 cm³/mol. The Labute approximate surface area is 152 Å². The number of hydrogen-bond acceptors (Lipinski definition) is 6. The fourth-order valence-electron chi connectivity index (χ4n) is 3.91. The van der Waals surface area contributed by atoms with E-state index in [4.69, 9.17) is 0 Å². The molecule has 0 saturated carbocycles. The molecule has 2 saturated heterocycles. The van der Waals surface area contributed by atoms with Gasteiger partial charge < -0.3 is 20.9 Å². The quantitative estimate of drug-likeness (QED) is 0.509. The third kappa shape index (κ3) is 3.06. The Hall–Kier alpha value is -2.10. The van der Waals surface area contributed by atoms with Crippen LogP contribution in [0.15, 0.2) is 46.3 Å². The minimum Gasteiger partial charge on any atom is -0.369 e. The third-order valence-electron chi connectivity index (χ3n) is 5.11. The van der Waals surface area contributed by atoms with Crippen molar-refractivity contribution in [3.8, 4) is 0 Å². The summed E-state index contributed by atoms with van der Waals surface area (Å²) in [5.74, 6) is 0.282. The van der Waals surface area contributed by atoms with Gasteiger partial charge in [-0.05, 0) is 37.6 Å². The normalized spacial score (nSPS) is 27.5. The van der Waals surface area contributed by atoms with Crippen molar-refractivity contribution in [2.75, 3.05) is 19.6 Å². The summed E-state index contributed by atoms with van der Waals surface area (Å²) in [4.78, 5) is 14.2. The molecule has 4 aliphatic rings. The zero-order valence-corrected chi connectivity index (χ0v) is 15.1. The minimum absolute atomic E-state index is 0.00848. The van der Waals surface area contributed by atoms with Crippen molar-refractivity contribution in [3.05, 3.63) is 46.3 Å². The summed E-state index contributed by atoms with van der Waals surface area (Å²) in [5, 5.41) is 9.34. The van der Waals surface area contributed by atoms with Gasteiger partial charge in [-0.1, -0.05) is 12.5 Å². The molecule has 0 bridgehead atoms. The Morgan fingerprint density at radius 3 is 2.96 bits per heavy atom. The summed E-state index contributed by atoms with van der Waals surface area (Å²) < 4.78 is 33.9. The first-order valence-electron chi connectivity index (χ1n) is 8.82. The Bertz CT molecular complexity index is 850. The number of amides is 1. The van der Waals surface area contributed by atoms with Gasteiger partial charge >= 0.3 is 0 Å². The van der Waals surface area contributed by atoms with Crippen LogP contribution in [0.3, 0.4) is 0 Å². The Morgan fingerprint density at radius 2 is 2.23 bits per heavy atom. The molecule has 4 rings (SSSR count). The maximum absolute atomic E-state index is 12.8. The fourth-order valence-corrected chi connectivity index (χ4v) is 4.78. The molecule has 0 aromatic carbocycles. The summed E-state index contributed by atoms with van der Waals surface area (Å²) in [6, 6.07) is 0.0211. The SMILES string of the molecule is O=C(NCC1CCCCN1)C1=CC2CNC3=CC=CC(=C1S(=O)(=O)O)N32. The monoisotopic (exact) mass is 378 g/mol. The molecule has 1 amide bonds. The molecule has 4 aliphatic heterocycles. The van der Waals surface area contributed by atoms with Gasteiger partial charge in [-0.25, -0.2) is 0 Å². The lowest BCUT2D eigenvalue weighted by atomic mass is 10.0. The van der Waals surface area contributed by atoms with Crippen molar-refractivity contribution in [3.63, 3.8) is 0 Å². The van der Waals surface area contributed by atoms with E-state index < -0.39 is 16.0 Å². The first-order chi connectivity index (χ1) is 12.4. The van der Waals surface area contributed by atoms with Gasteiger partial charge in [0.25, 0.3) is 16.0 Å². The lowest BCUT2D eigenvalue weighted by Gasteiger charge is -2.33. The molecule has 4 heterocycles. The van der Waals surface area contributed by atoms with Crippen molar-refractivity contribution in [1.82, 2.24) is 20.9 Å². The number of rotatable bonds is 4. The molecule has 26 heavy (non-hydrogen) atoms. The standard InChI is InChI=1S/C17H22N4O4S/c22-17(20-9-11-4-1-2-7-18-11)13-8-12-10-19-15-6-3-5-14(21(12)15)16(13)26(23,24)25/h3,5-6,8,11-12,18-19H,1-2,4,7,9-10H2,(H,20,22)(H,23,24,25). The van der Waals surface area contributed by atoms with E-state index in [1.165, 1.54) is 0 Å².